The van der Waals surface area contributed by atoms with Gasteiger partial charge in [-0.05, 0) is 36.6 Å². The highest BCUT2D eigenvalue weighted by atomic mass is 16.5. The van der Waals surface area contributed by atoms with E-state index in [1.807, 2.05) is 62.4 Å². The van der Waals surface area contributed by atoms with Gasteiger partial charge in [0.15, 0.2) is 0 Å². The lowest BCUT2D eigenvalue weighted by atomic mass is 9.98. The van der Waals surface area contributed by atoms with E-state index in [4.69, 9.17) is 4.74 Å². The Morgan fingerprint density at radius 1 is 0.950 bits per heavy atom. The van der Waals surface area contributed by atoms with Crippen molar-refractivity contribution in [3.63, 3.8) is 0 Å². The van der Waals surface area contributed by atoms with Crippen molar-refractivity contribution in [2.75, 3.05) is 0 Å². The molecule has 0 N–H and O–H groups in total. The highest BCUT2D eigenvalue weighted by Gasteiger charge is 2.13. The van der Waals surface area contributed by atoms with Gasteiger partial charge in [-0.2, -0.15) is 0 Å². The van der Waals surface area contributed by atoms with E-state index >= 15 is 0 Å². The van der Waals surface area contributed by atoms with Crippen LogP contribution in [0, 0.1) is 0 Å². The summed E-state index contributed by atoms with van der Waals surface area (Å²) in [6.07, 6.45) is 0.791. The number of hydrogen-bond donors (Lipinski definition) is 0. The van der Waals surface area contributed by atoms with Crippen LogP contribution < -0.4 is 4.74 Å². The molecule has 0 saturated carbocycles. The number of benzene rings is 2. The molecule has 0 fully saturated rings. The zero-order chi connectivity index (χ0) is 14.4. The van der Waals surface area contributed by atoms with Gasteiger partial charge in [-0.3, -0.25) is 0 Å². The zero-order valence-corrected chi connectivity index (χ0v) is 11.8. The van der Waals surface area contributed by atoms with E-state index in [1.165, 1.54) is 0 Å². The molecule has 2 aromatic rings. The summed E-state index contributed by atoms with van der Waals surface area (Å²) in [5, 5.41) is 0. The first-order valence-corrected chi connectivity index (χ1v) is 6.74. The number of rotatable bonds is 4. The van der Waals surface area contributed by atoms with E-state index in [0.717, 1.165) is 17.6 Å². The number of esters is 1. The van der Waals surface area contributed by atoms with Crippen LogP contribution in [0.25, 0.3) is 5.57 Å². The minimum absolute atomic E-state index is 0.295. The molecule has 0 unspecified atom stereocenters. The van der Waals surface area contributed by atoms with Gasteiger partial charge in [0, 0.05) is 5.57 Å². The van der Waals surface area contributed by atoms with E-state index in [0.29, 0.717) is 11.3 Å². The number of allylic oxidation sites excluding steroid dienone is 1. The van der Waals surface area contributed by atoms with Crippen LogP contribution in [0.1, 0.15) is 25.8 Å². The van der Waals surface area contributed by atoms with Crippen LogP contribution in [0.2, 0.25) is 0 Å². The second-order valence-electron chi connectivity index (χ2n) is 4.53. The molecule has 0 spiro atoms. The average molecular weight is 266 g/mol. The fourth-order valence-electron chi connectivity index (χ4n) is 2.12. The smallest absolute Gasteiger partial charge is 0.339 e. The lowest BCUT2D eigenvalue weighted by Gasteiger charge is -2.10. The van der Waals surface area contributed by atoms with Gasteiger partial charge in [0.25, 0.3) is 0 Å². The molecule has 0 atom stereocenters. The van der Waals surface area contributed by atoms with Crippen molar-refractivity contribution in [2.45, 2.75) is 20.3 Å². The molecule has 0 heterocycles. The maximum absolute atomic E-state index is 12.2. The summed E-state index contributed by atoms with van der Waals surface area (Å²) in [6.45, 7) is 3.86. The van der Waals surface area contributed by atoms with Crippen LogP contribution in [-0.4, -0.2) is 5.97 Å². The highest BCUT2D eigenvalue weighted by molar-refractivity contribution is 5.98. The Morgan fingerprint density at radius 3 is 2.05 bits per heavy atom. The number of carbonyl (C=O) groups excluding carboxylic acids is 1. The summed E-state index contributed by atoms with van der Waals surface area (Å²) in [6, 6.07) is 19.1. The van der Waals surface area contributed by atoms with Gasteiger partial charge in [-0.15, -0.1) is 0 Å². The maximum Gasteiger partial charge on any atom is 0.339 e. The molecule has 0 aromatic heterocycles. The molecule has 0 aliphatic rings. The summed E-state index contributed by atoms with van der Waals surface area (Å²) in [5.41, 5.74) is 2.74. The van der Waals surface area contributed by atoms with E-state index in [-0.39, 0.29) is 5.97 Å². The molecular formula is C18H18O2. The van der Waals surface area contributed by atoms with Gasteiger partial charge in [0.2, 0.25) is 0 Å². The number of para-hydroxylation sites is 1. The Morgan fingerprint density at radius 2 is 1.50 bits per heavy atom. The van der Waals surface area contributed by atoms with Crippen molar-refractivity contribution in [1.82, 2.24) is 0 Å². The van der Waals surface area contributed by atoms with Crippen LogP contribution in [0.15, 0.2) is 66.2 Å². The summed E-state index contributed by atoms with van der Waals surface area (Å²) in [7, 11) is 0. The Hall–Kier alpha value is -2.35. The molecule has 0 bridgehead atoms. The minimum Gasteiger partial charge on any atom is -0.423 e. The summed E-state index contributed by atoms with van der Waals surface area (Å²) >= 11 is 0. The van der Waals surface area contributed by atoms with Gasteiger partial charge in [-0.25, -0.2) is 4.79 Å². The summed E-state index contributed by atoms with van der Waals surface area (Å²) in [5.74, 6) is 0.275. The fourth-order valence-corrected chi connectivity index (χ4v) is 2.12. The van der Waals surface area contributed by atoms with Crippen LogP contribution in [0.5, 0.6) is 5.75 Å². The van der Waals surface area contributed by atoms with Gasteiger partial charge >= 0.3 is 5.97 Å². The largest absolute Gasteiger partial charge is 0.423 e. The quantitative estimate of drug-likeness (QED) is 0.463. The standard InChI is InChI=1S/C18H18O2/c1-3-17(15-10-6-4-7-11-15)14(2)18(19)20-16-12-8-5-9-13-16/h4-13H,3H2,1-2H3. The molecule has 0 amide bonds. The molecule has 2 rings (SSSR count). The Bertz CT molecular complexity index is 598. The van der Waals surface area contributed by atoms with E-state index in [2.05, 4.69) is 0 Å². The molecule has 0 saturated heterocycles. The summed E-state index contributed by atoms with van der Waals surface area (Å²) in [4.78, 5) is 12.2. The third-order valence-electron chi connectivity index (χ3n) is 3.19. The number of ether oxygens (including phenoxy) is 1. The predicted molar refractivity (Wildman–Crippen MR) is 81.4 cm³/mol. The SMILES string of the molecule is CCC(=C(C)C(=O)Oc1ccccc1)c1ccccc1. The monoisotopic (exact) mass is 266 g/mol. The molecule has 0 aliphatic heterocycles. The van der Waals surface area contributed by atoms with E-state index < -0.39 is 0 Å². The lowest BCUT2D eigenvalue weighted by molar-refractivity contribution is -0.130. The number of hydrogen-bond acceptors (Lipinski definition) is 2. The maximum atomic E-state index is 12.2. The normalized spacial score (nSPS) is 11.7. The molecule has 0 aliphatic carbocycles. The van der Waals surface area contributed by atoms with Crippen molar-refractivity contribution in [1.29, 1.82) is 0 Å². The van der Waals surface area contributed by atoms with Crippen molar-refractivity contribution in [2.24, 2.45) is 0 Å². The van der Waals surface area contributed by atoms with Gasteiger partial charge in [0.1, 0.15) is 5.75 Å². The molecule has 20 heavy (non-hydrogen) atoms. The zero-order valence-electron chi connectivity index (χ0n) is 11.8. The first kappa shape index (κ1) is 14.1. The first-order chi connectivity index (χ1) is 9.72. The number of carbonyl (C=O) groups is 1. The third-order valence-corrected chi connectivity index (χ3v) is 3.19. The third kappa shape index (κ3) is 3.35. The predicted octanol–water partition coefficient (Wildman–Crippen LogP) is 4.48. The second-order valence-corrected chi connectivity index (χ2v) is 4.53. The molecule has 2 aromatic carbocycles. The first-order valence-electron chi connectivity index (χ1n) is 6.74. The molecule has 2 heteroatoms. The van der Waals surface area contributed by atoms with Gasteiger partial charge < -0.3 is 4.74 Å². The van der Waals surface area contributed by atoms with Crippen LogP contribution in [0.4, 0.5) is 0 Å². The molecular weight excluding hydrogens is 248 g/mol. The van der Waals surface area contributed by atoms with Crippen LogP contribution >= 0.6 is 0 Å². The van der Waals surface area contributed by atoms with Crippen molar-refractivity contribution in [3.8, 4) is 5.75 Å². The minimum atomic E-state index is -0.295. The highest BCUT2D eigenvalue weighted by Crippen LogP contribution is 2.23. The van der Waals surface area contributed by atoms with Crippen molar-refractivity contribution < 1.29 is 9.53 Å². The molecule has 2 nitrogen and oxygen atoms in total. The summed E-state index contributed by atoms with van der Waals surface area (Å²) < 4.78 is 5.38. The van der Waals surface area contributed by atoms with Gasteiger partial charge in [0.05, 0.1) is 0 Å². The van der Waals surface area contributed by atoms with Crippen molar-refractivity contribution >= 4 is 11.5 Å². The Kier molecular flexibility index (Phi) is 4.72. The van der Waals surface area contributed by atoms with Crippen molar-refractivity contribution in [3.05, 3.63) is 71.8 Å². The molecule has 0 radical (unpaired) electrons. The van der Waals surface area contributed by atoms with Crippen LogP contribution in [-0.2, 0) is 4.79 Å². The van der Waals surface area contributed by atoms with E-state index in [9.17, 15) is 4.79 Å². The Labute approximate surface area is 119 Å². The average Bonchev–Trinajstić information content (AvgIpc) is 2.50. The molecule has 102 valence electrons. The van der Waals surface area contributed by atoms with E-state index in [1.54, 1.807) is 12.1 Å². The fraction of sp³-hybridized carbons (Fsp3) is 0.167. The topological polar surface area (TPSA) is 26.3 Å². The van der Waals surface area contributed by atoms with Crippen LogP contribution in [0.3, 0.4) is 0 Å². The Balaban J connectivity index is 2.25. The lowest BCUT2D eigenvalue weighted by Crippen LogP contribution is -2.11. The second kappa shape index (κ2) is 6.71. The van der Waals surface area contributed by atoms with Gasteiger partial charge in [-0.1, -0.05) is 55.5 Å².